The highest BCUT2D eigenvalue weighted by molar-refractivity contribution is 5.95. The Morgan fingerprint density at radius 2 is 1.74 bits per heavy atom. The molecule has 1 aromatic carbocycles. The Kier molecular flexibility index (Phi) is 7.80. The van der Waals surface area contributed by atoms with Crippen LogP contribution in [0.15, 0.2) is 24.3 Å². The Balaban J connectivity index is 2.44. The molecule has 0 saturated heterocycles. The topological polar surface area (TPSA) is 84.5 Å². The number of rotatable bonds is 8. The highest BCUT2D eigenvalue weighted by Gasteiger charge is 2.08. The van der Waals surface area contributed by atoms with Crippen molar-refractivity contribution in [3.8, 4) is 0 Å². The van der Waals surface area contributed by atoms with Crippen LogP contribution >= 0.6 is 0 Å². The number of esters is 1. The molecule has 1 rings (SSSR count). The van der Waals surface area contributed by atoms with Crippen LogP contribution in [-0.4, -0.2) is 31.4 Å². The summed E-state index contributed by atoms with van der Waals surface area (Å²) in [7, 11) is 1.30. The van der Waals surface area contributed by atoms with Gasteiger partial charge < -0.3 is 15.4 Å². The molecule has 0 aliphatic heterocycles. The number of carbonyl (C=O) groups is 3. The number of carbonyl (C=O) groups excluding carboxylic acids is 3. The van der Waals surface area contributed by atoms with Crippen LogP contribution in [0.4, 0.5) is 5.69 Å². The molecule has 0 bridgehead atoms. The predicted molar refractivity (Wildman–Crippen MR) is 88.1 cm³/mol. The maximum absolute atomic E-state index is 11.9. The molecule has 0 heterocycles. The van der Waals surface area contributed by atoms with Crippen LogP contribution in [-0.2, 0) is 14.3 Å². The fraction of sp³-hybridized carbons (Fsp3) is 0.471. The van der Waals surface area contributed by atoms with E-state index in [9.17, 15) is 14.4 Å². The van der Waals surface area contributed by atoms with E-state index >= 15 is 0 Å². The van der Waals surface area contributed by atoms with Gasteiger partial charge in [-0.25, -0.2) is 0 Å². The van der Waals surface area contributed by atoms with Gasteiger partial charge in [0.25, 0.3) is 5.91 Å². The van der Waals surface area contributed by atoms with Crippen LogP contribution in [0, 0.1) is 5.92 Å². The quantitative estimate of drug-likeness (QED) is 0.720. The van der Waals surface area contributed by atoms with Crippen molar-refractivity contribution < 1.29 is 19.1 Å². The fourth-order valence-corrected chi connectivity index (χ4v) is 1.83. The first kappa shape index (κ1) is 18.7. The second-order valence-corrected chi connectivity index (χ2v) is 5.64. The number of anilines is 1. The predicted octanol–water partition coefficient (Wildman–Crippen LogP) is 2.35. The summed E-state index contributed by atoms with van der Waals surface area (Å²) in [5, 5.41) is 5.43. The van der Waals surface area contributed by atoms with E-state index in [4.69, 9.17) is 0 Å². The van der Waals surface area contributed by atoms with E-state index in [-0.39, 0.29) is 30.7 Å². The van der Waals surface area contributed by atoms with Crippen LogP contribution in [0.2, 0.25) is 0 Å². The molecule has 2 amide bonds. The third-order valence-corrected chi connectivity index (χ3v) is 3.22. The number of methoxy groups -OCH3 is 1. The van der Waals surface area contributed by atoms with Crippen LogP contribution in [0.25, 0.3) is 0 Å². The van der Waals surface area contributed by atoms with Gasteiger partial charge in [-0.1, -0.05) is 13.8 Å². The van der Waals surface area contributed by atoms with Gasteiger partial charge in [0, 0.05) is 24.2 Å². The summed E-state index contributed by atoms with van der Waals surface area (Å²) in [6, 6.07) is 6.63. The SMILES string of the molecule is COC(=O)CCNC(=O)c1ccc(NC(=O)CCC(C)C)cc1. The van der Waals surface area contributed by atoms with E-state index in [1.807, 2.05) is 0 Å². The number of hydrogen-bond acceptors (Lipinski definition) is 4. The second-order valence-electron chi connectivity index (χ2n) is 5.64. The maximum Gasteiger partial charge on any atom is 0.307 e. The van der Waals surface area contributed by atoms with Gasteiger partial charge in [-0.15, -0.1) is 0 Å². The lowest BCUT2D eigenvalue weighted by atomic mass is 10.1. The average Bonchev–Trinajstić information content (AvgIpc) is 2.53. The van der Waals surface area contributed by atoms with Crippen molar-refractivity contribution in [1.82, 2.24) is 5.32 Å². The first-order chi connectivity index (χ1) is 10.9. The van der Waals surface area contributed by atoms with Gasteiger partial charge in [-0.3, -0.25) is 14.4 Å². The highest BCUT2D eigenvalue weighted by atomic mass is 16.5. The van der Waals surface area contributed by atoms with Crippen molar-refractivity contribution in [2.45, 2.75) is 33.1 Å². The van der Waals surface area contributed by atoms with Crippen LogP contribution < -0.4 is 10.6 Å². The molecule has 0 atom stereocenters. The summed E-state index contributed by atoms with van der Waals surface area (Å²) in [6.45, 7) is 4.36. The number of benzene rings is 1. The fourth-order valence-electron chi connectivity index (χ4n) is 1.83. The summed E-state index contributed by atoms with van der Waals surface area (Å²) >= 11 is 0. The normalized spacial score (nSPS) is 10.3. The average molecular weight is 320 g/mol. The lowest BCUT2D eigenvalue weighted by molar-refractivity contribution is -0.140. The standard InChI is InChI=1S/C17H24N2O4/c1-12(2)4-9-15(20)19-14-7-5-13(6-8-14)17(22)18-11-10-16(21)23-3/h5-8,12H,4,9-11H2,1-3H3,(H,18,22)(H,19,20). The van der Waals surface area contributed by atoms with Gasteiger partial charge in [-0.2, -0.15) is 0 Å². The third-order valence-electron chi connectivity index (χ3n) is 3.22. The van der Waals surface area contributed by atoms with Crippen molar-refractivity contribution in [3.05, 3.63) is 29.8 Å². The molecular weight excluding hydrogens is 296 g/mol. The molecule has 0 radical (unpaired) electrons. The van der Waals surface area contributed by atoms with Gasteiger partial charge in [-0.05, 0) is 36.6 Å². The molecule has 6 heteroatoms. The monoisotopic (exact) mass is 320 g/mol. The number of hydrogen-bond donors (Lipinski definition) is 2. The Bertz CT molecular complexity index is 538. The summed E-state index contributed by atoms with van der Waals surface area (Å²) in [5.41, 5.74) is 1.12. The number of nitrogens with one attached hydrogen (secondary N) is 2. The smallest absolute Gasteiger partial charge is 0.307 e. The van der Waals surface area contributed by atoms with E-state index in [1.54, 1.807) is 24.3 Å². The molecule has 0 aromatic heterocycles. The Morgan fingerprint density at radius 3 is 2.30 bits per heavy atom. The molecule has 2 N–H and O–H groups in total. The summed E-state index contributed by atoms with van der Waals surface area (Å²) in [5.74, 6) is -0.192. The molecule has 6 nitrogen and oxygen atoms in total. The zero-order valence-electron chi connectivity index (χ0n) is 13.8. The molecular formula is C17H24N2O4. The van der Waals surface area contributed by atoms with Crippen molar-refractivity contribution in [2.75, 3.05) is 19.0 Å². The van der Waals surface area contributed by atoms with E-state index in [2.05, 4.69) is 29.2 Å². The second kappa shape index (κ2) is 9.61. The van der Waals surface area contributed by atoms with E-state index in [1.165, 1.54) is 7.11 Å². The molecule has 23 heavy (non-hydrogen) atoms. The van der Waals surface area contributed by atoms with Crippen LogP contribution in [0.1, 0.15) is 43.5 Å². The Labute approximate surface area is 136 Å². The largest absolute Gasteiger partial charge is 0.469 e. The van der Waals surface area contributed by atoms with Gasteiger partial charge in [0.1, 0.15) is 0 Å². The summed E-state index contributed by atoms with van der Waals surface area (Å²) in [6.07, 6.45) is 1.45. The summed E-state index contributed by atoms with van der Waals surface area (Å²) < 4.78 is 4.49. The molecule has 0 fully saturated rings. The first-order valence-electron chi connectivity index (χ1n) is 7.67. The zero-order chi connectivity index (χ0) is 17.2. The van der Waals surface area contributed by atoms with E-state index < -0.39 is 0 Å². The van der Waals surface area contributed by atoms with Gasteiger partial charge in [0.05, 0.1) is 13.5 Å². The van der Waals surface area contributed by atoms with Crippen molar-refractivity contribution in [2.24, 2.45) is 5.92 Å². The Morgan fingerprint density at radius 1 is 1.09 bits per heavy atom. The van der Waals surface area contributed by atoms with Crippen LogP contribution in [0.5, 0.6) is 0 Å². The molecule has 126 valence electrons. The first-order valence-corrected chi connectivity index (χ1v) is 7.67. The van der Waals surface area contributed by atoms with Gasteiger partial charge in [0.15, 0.2) is 0 Å². The molecule has 0 aliphatic rings. The third kappa shape index (κ3) is 7.44. The zero-order valence-corrected chi connectivity index (χ0v) is 13.8. The van der Waals surface area contributed by atoms with Gasteiger partial charge in [0.2, 0.25) is 5.91 Å². The molecule has 0 unspecified atom stereocenters. The molecule has 1 aromatic rings. The van der Waals surface area contributed by atoms with Crippen LogP contribution in [0.3, 0.4) is 0 Å². The number of ether oxygens (including phenoxy) is 1. The molecule has 0 saturated carbocycles. The van der Waals surface area contributed by atoms with E-state index in [0.29, 0.717) is 23.6 Å². The van der Waals surface area contributed by atoms with Crippen molar-refractivity contribution in [3.63, 3.8) is 0 Å². The highest BCUT2D eigenvalue weighted by Crippen LogP contribution is 2.11. The minimum atomic E-state index is -0.371. The van der Waals surface area contributed by atoms with Gasteiger partial charge >= 0.3 is 5.97 Å². The maximum atomic E-state index is 11.9. The minimum absolute atomic E-state index is 0.0334. The number of amides is 2. The summed E-state index contributed by atoms with van der Waals surface area (Å²) in [4.78, 5) is 34.6. The lowest BCUT2D eigenvalue weighted by Crippen LogP contribution is -2.26. The molecule has 0 spiro atoms. The lowest BCUT2D eigenvalue weighted by Gasteiger charge is -2.08. The van der Waals surface area contributed by atoms with Crippen molar-refractivity contribution in [1.29, 1.82) is 0 Å². The Hall–Kier alpha value is -2.37. The molecule has 0 aliphatic carbocycles. The van der Waals surface area contributed by atoms with E-state index in [0.717, 1.165) is 6.42 Å². The minimum Gasteiger partial charge on any atom is -0.469 e. The van der Waals surface area contributed by atoms with Crippen molar-refractivity contribution >= 4 is 23.5 Å².